The summed E-state index contributed by atoms with van der Waals surface area (Å²) in [5, 5.41) is 6.26. The van der Waals surface area contributed by atoms with Gasteiger partial charge >= 0.3 is 6.18 Å². The van der Waals surface area contributed by atoms with Crippen molar-refractivity contribution in [3.8, 4) is 11.3 Å². The van der Waals surface area contributed by atoms with Crippen LogP contribution in [0.2, 0.25) is 0 Å². The molecule has 0 spiro atoms. The Morgan fingerprint density at radius 2 is 1.85 bits per heavy atom. The number of para-hydroxylation sites is 1. The smallest absolute Gasteiger partial charge is 0.324 e. The Labute approximate surface area is 151 Å². The zero-order valence-electron chi connectivity index (χ0n) is 13.8. The van der Waals surface area contributed by atoms with Gasteiger partial charge in [-0.2, -0.15) is 18.3 Å². The van der Waals surface area contributed by atoms with Crippen molar-refractivity contribution in [1.82, 2.24) is 14.8 Å². The van der Waals surface area contributed by atoms with Crippen LogP contribution < -0.4 is 10.9 Å². The van der Waals surface area contributed by atoms with E-state index in [4.69, 9.17) is 0 Å². The maximum absolute atomic E-state index is 13.0. The summed E-state index contributed by atoms with van der Waals surface area (Å²) >= 11 is 0. The number of anilines is 1. The highest BCUT2D eigenvalue weighted by molar-refractivity contribution is 5.91. The Morgan fingerprint density at radius 3 is 2.56 bits per heavy atom. The van der Waals surface area contributed by atoms with Crippen LogP contribution in [0.3, 0.4) is 0 Å². The lowest BCUT2D eigenvalue weighted by molar-refractivity contribution is -0.137. The second-order valence-corrected chi connectivity index (χ2v) is 5.55. The lowest BCUT2D eigenvalue weighted by Crippen LogP contribution is -2.29. The van der Waals surface area contributed by atoms with Crippen LogP contribution in [0.5, 0.6) is 0 Å². The Balaban J connectivity index is 1.82. The van der Waals surface area contributed by atoms with Crippen LogP contribution in [0.4, 0.5) is 18.9 Å². The number of rotatable bonds is 4. The summed E-state index contributed by atoms with van der Waals surface area (Å²) in [5.74, 6) is -0.801. The van der Waals surface area contributed by atoms with E-state index in [1.165, 1.54) is 30.5 Å². The summed E-state index contributed by atoms with van der Waals surface area (Å²) in [5.41, 5.74) is -0.864. The van der Waals surface area contributed by atoms with Crippen LogP contribution in [0, 0.1) is 0 Å². The van der Waals surface area contributed by atoms with Gasteiger partial charge in [0.05, 0.1) is 16.9 Å². The fraction of sp³-hybridized carbons (Fsp3) is 0.111. The van der Waals surface area contributed by atoms with Crippen LogP contribution >= 0.6 is 0 Å². The standard InChI is InChI=1S/C18H13F3N4O2/c19-18(20,21)13-5-1-2-6-15(13)23-16(26)11-25-17(27)8-7-14(24-25)12-4-3-9-22-10-12/h1-10H,11H2,(H,23,26). The maximum atomic E-state index is 13.0. The van der Waals surface area contributed by atoms with Crippen LogP contribution in [0.1, 0.15) is 5.56 Å². The second-order valence-electron chi connectivity index (χ2n) is 5.55. The number of carbonyl (C=O) groups excluding carboxylic acids is 1. The quantitative estimate of drug-likeness (QED) is 0.762. The molecule has 1 amide bonds. The number of halogens is 3. The van der Waals surface area contributed by atoms with Crippen molar-refractivity contribution in [3.05, 3.63) is 76.8 Å². The Hall–Kier alpha value is -3.49. The maximum Gasteiger partial charge on any atom is 0.418 e. The van der Waals surface area contributed by atoms with Crippen molar-refractivity contribution in [1.29, 1.82) is 0 Å². The largest absolute Gasteiger partial charge is 0.418 e. The lowest BCUT2D eigenvalue weighted by atomic mass is 10.1. The molecular formula is C18H13F3N4O2. The normalized spacial score (nSPS) is 11.2. The molecule has 3 aromatic rings. The van der Waals surface area contributed by atoms with E-state index in [0.717, 1.165) is 16.8 Å². The third kappa shape index (κ3) is 4.38. The van der Waals surface area contributed by atoms with Crippen molar-refractivity contribution in [2.75, 3.05) is 5.32 Å². The Kier molecular flexibility index (Phi) is 5.02. The first-order valence-corrected chi connectivity index (χ1v) is 7.79. The van der Waals surface area contributed by atoms with Gasteiger partial charge < -0.3 is 5.32 Å². The van der Waals surface area contributed by atoms with E-state index in [1.807, 2.05) is 0 Å². The van der Waals surface area contributed by atoms with Gasteiger partial charge in [-0.3, -0.25) is 14.6 Å². The third-order valence-electron chi connectivity index (χ3n) is 3.62. The summed E-state index contributed by atoms with van der Waals surface area (Å²) in [4.78, 5) is 28.1. The van der Waals surface area contributed by atoms with Crippen LogP contribution in [0.15, 0.2) is 65.7 Å². The summed E-state index contributed by atoms with van der Waals surface area (Å²) in [7, 11) is 0. The molecule has 0 aliphatic rings. The van der Waals surface area contributed by atoms with Crippen molar-refractivity contribution >= 4 is 11.6 Å². The van der Waals surface area contributed by atoms with Gasteiger partial charge in [0.1, 0.15) is 6.54 Å². The van der Waals surface area contributed by atoms with Gasteiger partial charge in [-0.05, 0) is 30.3 Å². The molecule has 138 valence electrons. The van der Waals surface area contributed by atoms with E-state index in [0.29, 0.717) is 11.3 Å². The molecule has 0 fully saturated rings. The lowest BCUT2D eigenvalue weighted by Gasteiger charge is -2.14. The van der Waals surface area contributed by atoms with E-state index in [1.54, 1.807) is 18.3 Å². The first kappa shape index (κ1) is 18.3. The summed E-state index contributed by atoms with van der Waals surface area (Å²) in [6, 6.07) is 10.7. The first-order valence-electron chi connectivity index (χ1n) is 7.79. The topological polar surface area (TPSA) is 76.9 Å². The molecule has 0 saturated heterocycles. The van der Waals surface area contributed by atoms with E-state index in [2.05, 4.69) is 15.4 Å². The van der Waals surface area contributed by atoms with Crippen LogP contribution in [-0.2, 0) is 17.5 Å². The number of pyridine rings is 1. The number of nitrogens with zero attached hydrogens (tertiary/aromatic N) is 3. The minimum Gasteiger partial charge on any atom is -0.324 e. The molecule has 0 atom stereocenters. The molecule has 0 unspecified atom stereocenters. The molecule has 0 aliphatic heterocycles. The minimum absolute atomic E-state index is 0.383. The molecule has 3 rings (SSSR count). The van der Waals surface area contributed by atoms with Gasteiger partial charge in [-0.15, -0.1) is 0 Å². The Morgan fingerprint density at radius 1 is 1.07 bits per heavy atom. The van der Waals surface area contributed by atoms with Gasteiger partial charge in [0.25, 0.3) is 5.56 Å². The van der Waals surface area contributed by atoms with E-state index >= 15 is 0 Å². The highest BCUT2D eigenvalue weighted by Crippen LogP contribution is 2.34. The zero-order valence-corrected chi connectivity index (χ0v) is 13.8. The van der Waals surface area contributed by atoms with Gasteiger partial charge in [0.2, 0.25) is 5.91 Å². The molecule has 0 bridgehead atoms. The summed E-state index contributed by atoms with van der Waals surface area (Å²) in [6.45, 7) is -0.529. The first-order chi connectivity index (χ1) is 12.8. The van der Waals surface area contributed by atoms with Gasteiger partial charge in [0.15, 0.2) is 0 Å². The van der Waals surface area contributed by atoms with Crippen molar-refractivity contribution < 1.29 is 18.0 Å². The van der Waals surface area contributed by atoms with Gasteiger partial charge in [-0.1, -0.05) is 12.1 Å². The molecular weight excluding hydrogens is 361 g/mol. The van der Waals surface area contributed by atoms with E-state index in [-0.39, 0.29) is 5.69 Å². The monoisotopic (exact) mass is 374 g/mol. The van der Waals surface area contributed by atoms with Crippen molar-refractivity contribution in [3.63, 3.8) is 0 Å². The molecule has 6 nitrogen and oxygen atoms in total. The molecule has 2 heterocycles. The number of alkyl halides is 3. The molecule has 0 radical (unpaired) electrons. The molecule has 0 aliphatic carbocycles. The number of hydrogen-bond acceptors (Lipinski definition) is 4. The summed E-state index contributed by atoms with van der Waals surface area (Å²) < 4.78 is 39.9. The number of hydrogen-bond donors (Lipinski definition) is 1. The van der Waals surface area contributed by atoms with E-state index < -0.39 is 29.8 Å². The number of nitrogens with one attached hydrogen (secondary N) is 1. The van der Waals surface area contributed by atoms with Crippen molar-refractivity contribution in [2.45, 2.75) is 12.7 Å². The van der Waals surface area contributed by atoms with E-state index in [9.17, 15) is 22.8 Å². The van der Waals surface area contributed by atoms with Crippen LogP contribution in [-0.4, -0.2) is 20.7 Å². The highest BCUT2D eigenvalue weighted by Gasteiger charge is 2.33. The van der Waals surface area contributed by atoms with Gasteiger partial charge in [-0.25, -0.2) is 4.68 Å². The number of benzene rings is 1. The Bertz CT molecular complexity index is 1020. The second kappa shape index (κ2) is 7.40. The molecule has 1 aromatic carbocycles. The average molecular weight is 374 g/mol. The number of amides is 1. The molecule has 0 saturated carbocycles. The number of carbonyl (C=O) groups is 1. The fourth-order valence-electron chi connectivity index (χ4n) is 2.40. The minimum atomic E-state index is -4.61. The molecule has 2 aromatic heterocycles. The zero-order chi connectivity index (χ0) is 19.4. The average Bonchev–Trinajstić information content (AvgIpc) is 2.64. The molecule has 1 N–H and O–H groups in total. The van der Waals surface area contributed by atoms with Crippen LogP contribution in [0.25, 0.3) is 11.3 Å². The predicted octanol–water partition coefficient (Wildman–Crippen LogP) is 2.96. The highest BCUT2D eigenvalue weighted by atomic mass is 19.4. The van der Waals surface area contributed by atoms with Crippen molar-refractivity contribution in [2.24, 2.45) is 0 Å². The summed E-state index contributed by atoms with van der Waals surface area (Å²) in [6.07, 6.45) is -1.50. The third-order valence-corrected chi connectivity index (χ3v) is 3.62. The van der Waals surface area contributed by atoms with Gasteiger partial charge in [0, 0.05) is 24.0 Å². The fourth-order valence-corrected chi connectivity index (χ4v) is 2.40. The predicted molar refractivity (Wildman–Crippen MR) is 91.8 cm³/mol. The SMILES string of the molecule is O=C(Cn1nc(-c2cccnc2)ccc1=O)Nc1ccccc1C(F)(F)F. The molecule has 27 heavy (non-hydrogen) atoms. The molecule has 9 heteroatoms. The number of aromatic nitrogens is 3.